The van der Waals surface area contributed by atoms with Crippen molar-refractivity contribution in [2.75, 3.05) is 6.54 Å². The number of hydrogen-bond acceptors (Lipinski definition) is 2. The van der Waals surface area contributed by atoms with Crippen LogP contribution in [0, 0.1) is 0 Å². The second-order valence-corrected chi connectivity index (χ2v) is 6.16. The van der Waals surface area contributed by atoms with Crippen LogP contribution in [0.4, 0.5) is 0 Å². The lowest BCUT2D eigenvalue weighted by atomic mass is 9.81. The van der Waals surface area contributed by atoms with Crippen LogP contribution in [0.25, 0.3) is 11.0 Å². The fourth-order valence-corrected chi connectivity index (χ4v) is 3.08. The van der Waals surface area contributed by atoms with E-state index in [1.807, 2.05) is 18.2 Å². The molecule has 3 nitrogen and oxygen atoms in total. The third-order valence-electron chi connectivity index (χ3n) is 4.39. The number of fused-ring (bicyclic) bond motifs is 1. The van der Waals surface area contributed by atoms with Crippen LogP contribution in [0.2, 0.25) is 5.02 Å². The van der Waals surface area contributed by atoms with Gasteiger partial charge in [-0.25, -0.2) is 4.98 Å². The first-order valence-corrected chi connectivity index (χ1v) is 7.75. The van der Waals surface area contributed by atoms with E-state index in [0.29, 0.717) is 12.6 Å². The molecule has 0 amide bonds. The molecule has 20 heavy (non-hydrogen) atoms. The number of imidazole rings is 1. The molecule has 0 saturated heterocycles. The highest BCUT2D eigenvalue weighted by atomic mass is 35.5. The summed E-state index contributed by atoms with van der Waals surface area (Å²) in [7, 11) is 0. The lowest BCUT2D eigenvalue weighted by Gasteiger charge is -2.31. The van der Waals surface area contributed by atoms with Gasteiger partial charge in [-0.1, -0.05) is 25.4 Å². The van der Waals surface area contributed by atoms with E-state index in [1.54, 1.807) is 0 Å². The van der Waals surface area contributed by atoms with E-state index in [0.717, 1.165) is 34.7 Å². The van der Waals surface area contributed by atoms with Crippen molar-refractivity contribution >= 4 is 22.6 Å². The molecule has 0 aliphatic heterocycles. The maximum absolute atomic E-state index is 6.15. The maximum atomic E-state index is 6.15. The Morgan fingerprint density at radius 3 is 2.45 bits per heavy atom. The third-order valence-corrected chi connectivity index (χ3v) is 4.62. The first-order chi connectivity index (χ1) is 9.49. The van der Waals surface area contributed by atoms with Crippen LogP contribution < -0.4 is 5.73 Å². The van der Waals surface area contributed by atoms with E-state index < -0.39 is 0 Å². The standard InChI is InChI=1S/C16H24ClN3/c1-5-16(6-2,10-18)15-19-13-8-7-12(17)9-14(13)20(15)11(3)4/h7-9,11H,5-6,10,18H2,1-4H3. The molecule has 2 aromatic rings. The van der Waals surface area contributed by atoms with Gasteiger partial charge in [-0.05, 0) is 44.9 Å². The van der Waals surface area contributed by atoms with E-state index in [4.69, 9.17) is 22.3 Å². The van der Waals surface area contributed by atoms with Crippen molar-refractivity contribution in [1.82, 2.24) is 9.55 Å². The molecule has 0 aliphatic rings. The van der Waals surface area contributed by atoms with Crippen LogP contribution >= 0.6 is 11.6 Å². The number of halogens is 1. The second-order valence-electron chi connectivity index (χ2n) is 5.72. The van der Waals surface area contributed by atoms with Crippen LogP contribution in [-0.4, -0.2) is 16.1 Å². The van der Waals surface area contributed by atoms with E-state index >= 15 is 0 Å². The first-order valence-electron chi connectivity index (χ1n) is 7.37. The van der Waals surface area contributed by atoms with Crippen molar-refractivity contribution in [2.45, 2.75) is 52.0 Å². The summed E-state index contributed by atoms with van der Waals surface area (Å²) in [5.41, 5.74) is 8.14. The number of rotatable bonds is 5. The number of nitrogens with zero attached hydrogens (tertiary/aromatic N) is 2. The summed E-state index contributed by atoms with van der Waals surface area (Å²) < 4.78 is 2.29. The quantitative estimate of drug-likeness (QED) is 0.894. The SMILES string of the molecule is CCC(CC)(CN)c1nc2ccc(Cl)cc2n1C(C)C. The zero-order chi connectivity index (χ0) is 14.9. The Morgan fingerprint density at radius 2 is 1.95 bits per heavy atom. The third kappa shape index (κ3) is 2.33. The monoisotopic (exact) mass is 293 g/mol. The fourth-order valence-electron chi connectivity index (χ4n) is 2.91. The lowest BCUT2D eigenvalue weighted by Crippen LogP contribution is -2.37. The van der Waals surface area contributed by atoms with Crippen molar-refractivity contribution < 1.29 is 0 Å². The Labute approximate surface area is 126 Å². The summed E-state index contributed by atoms with van der Waals surface area (Å²) in [5.74, 6) is 1.09. The molecule has 0 spiro atoms. The number of nitrogens with two attached hydrogens (primary N) is 1. The summed E-state index contributed by atoms with van der Waals surface area (Å²) in [5, 5.41) is 0.747. The topological polar surface area (TPSA) is 43.8 Å². The molecule has 4 heteroatoms. The summed E-state index contributed by atoms with van der Waals surface area (Å²) >= 11 is 6.15. The summed E-state index contributed by atoms with van der Waals surface area (Å²) in [4.78, 5) is 4.88. The highest BCUT2D eigenvalue weighted by Crippen LogP contribution is 2.35. The van der Waals surface area contributed by atoms with Gasteiger partial charge >= 0.3 is 0 Å². The Kier molecular flexibility index (Phi) is 4.40. The zero-order valence-electron chi connectivity index (χ0n) is 12.8. The van der Waals surface area contributed by atoms with Crippen LogP contribution in [0.5, 0.6) is 0 Å². The van der Waals surface area contributed by atoms with Crippen molar-refractivity contribution in [3.05, 3.63) is 29.0 Å². The van der Waals surface area contributed by atoms with Crippen LogP contribution in [0.15, 0.2) is 18.2 Å². The molecule has 1 aromatic carbocycles. The Hall–Kier alpha value is -1.06. The van der Waals surface area contributed by atoms with Crippen LogP contribution in [0.1, 0.15) is 52.4 Å². The molecule has 0 radical (unpaired) electrons. The van der Waals surface area contributed by atoms with Gasteiger partial charge in [0, 0.05) is 23.0 Å². The van der Waals surface area contributed by atoms with Gasteiger partial charge in [0.25, 0.3) is 0 Å². The number of hydrogen-bond donors (Lipinski definition) is 1. The summed E-state index contributed by atoms with van der Waals surface area (Å²) in [6.45, 7) is 9.35. The molecular formula is C16H24ClN3. The molecule has 1 heterocycles. The number of benzene rings is 1. The minimum Gasteiger partial charge on any atom is -0.329 e. The molecular weight excluding hydrogens is 270 g/mol. The van der Waals surface area contributed by atoms with Crippen molar-refractivity contribution in [3.63, 3.8) is 0 Å². The van der Waals surface area contributed by atoms with Gasteiger partial charge in [-0.2, -0.15) is 0 Å². The molecule has 0 saturated carbocycles. The first kappa shape index (κ1) is 15.3. The van der Waals surface area contributed by atoms with Gasteiger partial charge in [0.2, 0.25) is 0 Å². The van der Waals surface area contributed by atoms with Gasteiger partial charge in [0.1, 0.15) is 5.82 Å². The normalized spacial score (nSPS) is 12.6. The Morgan fingerprint density at radius 1 is 1.30 bits per heavy atom. The smallest absolute Gasteiger partial charge is 0.117 e. The molecule has 2 rings (SSSR count). The predicted octanol–water partition coefficient (Wildman–Crippen LogP) is 4.29. The summed E-state index contributed by atoms with van der Waals surface area (Å²) in [6.07, 6.45) is 1.98. The molecule has 0 fully saturated rings. The second kappa shape index (κ2) is 5.74. The molecule has 0 atom stereocenters. The predicted molar refractivity (Wildman–Crippen MR) is 86.4 cm³/mol. The zero-order valence-corrected chi connectivity index (χ0v) is 13.5. The minimum atomic E-state index is -0.0598. The highest BCUT2D eigenvalue weighted by Gasteiger charge is 2.33. The van der Waals surface area contributed by atoms with Crippen LogP contribution in [-0.2, 0) is 5.41 Å². The molecule has 0 aliphatic carbocycles. The fraction of sp³-hybridized carbons (Fsp3) is 0.562. The van der Waals surface area contributed by atoms with E-state index in [2.05, 4.69) is 32.3 Å². The van der Waals surface area contributed by atoms with Gasteiger partial charge in [-0.3, -0.25) is 0 Å². The van der Waals surface area contributed by atoms with Gasteiger partial charge in [0.05, 0.1) is 11.0 Å². The molecule has 2 N–H and O–H groups in total. The molecule has 0 bridgehead atoms. The van der Waals surface area contributed by atoms with Gasteiger partial charge < -0.3 is 10.3 Å². The Balaban J connectivity index is 2.78. The molecule has 110 valence electrons. The van der Waals surface area contributed by atoms with Gasteiger partial charge in [0.15, 0.2) is 0 Å². The van der Waals surface area contributed by atoms with E-state index in [1.165, 1.54) is 0 Å². The number of aromatic nitrogens is 2. The Bertz CT molecular complexity index is 589. The molecule has 0 unspecified atom stereocenters. The van der Waals surface area contributed by atoms with Crippen molar-refractivity contribution in [2.24, 2.45) is 5.73 Å². The largest absolute Gasteiger partial charge is 0.329 e. The minimum absolute atomic E-state index is 0.0598. The van der Waals surface area contributed by atoms with Crippen molar-refractivity contribution in [3.8, 4) is 0 Å². The van der Waals surface area contributed by atoms with Gasteiger partial charge in [-0.15, -0.1) is 0 Å². The van der Waals surface area contributed by atoms with E-state index in [9.17, 15) is 0 Å². The average molecular weight is 294 g/mol. The van der Waals surface area contributed by atoms with Crippen LogP contribution in [0.3, 0.4) is 0 Å². The van der Waals surface area contributed by atoms with E-state index in [-0.39, 0.29) is 5.41 Å². The maximum Gasteiger partial charge on any atom is 0.117 e. The summed E-state index contributed by atoms with van der Waals surface area (Å²) in [6, 6.07) is 6.22. The highest BCUT2D eigenvalue weighted by molar-refractivity contribution is 6.31. The molecule has 1 aromatic heterocycles. The lowest BCUT2D eigenvalue weighted by molar-refractivity contribution is 0.359. The van der Waals surface area contributed by atoms with Crippen molar-refractivity contribution in [1.29, 1.82) is 0 Å². The average Bonchev–Trinajstić information content (AvgIpc) is 2.80.